The maximum absolute atomic E-state index is 5.89. The molecule has 30 heavy (non-hydrogen) atoms. The number of nitrogens with zero attached hydrogens (tertiary/aromatic N) is 2. The Bertz CT molecular complexity index is 1350. The Kier molecular flexibility index (Phi) is 4.81. The molecule has 5 aromatic rings. The summed E-state index contributed by atoms with van der Waals surface area (Å²) in [4.78, 5) is 9.07. The minimum absolute atomic E-state index is 0.608. The molecule has 146 valence electrons. The molecular formula is C25H17BrN2O2. The average molecular weight is 457 g/mol. The number of hydrogen-bond acceptors (Lipinski definition) is 4. The Labute approximate surface area is 182 Å². The number of aromatic nitrogens is 1. The summed E-state index contributed by atoms with van der Waals surface area (Å²) in [5.41, 5.74) is 5.57. The van der Waals surface area contributed by atoms with Crippen LogP contribution in [0.3, 0.4) is 0 Å². The fourth-order valence-corrected chi connectivity index (χ4v) is 3.44. The first-order valence-corrected chi connectivity index (χ1v) is 10.3. The lowest BCUT2D eigenvalue weighted by Crippen LogP contribution is -1.78. The molecule has 0 spiro atoms. The number of oxazole rings is 1. The summed E-state index contributed by atoms with van der Waals surface area (Å²) in [6.45, 7) is 2.04. The number of aryl methyl sites for hydroxylation is 1. The number of halogens is 1. The quantitative estimate of drug-likeness (QED) is 0.262. The molecule has 0 N–H and O–H groups in total. The molecule has 0 amide bonds. The van der Waals surface area contributed by atoms with Gasteiger partial charge in [0.2, 0.25) is 5.89 Å². The Hall–Kier alpha value is -3.44. The Morgan fingerprint density at radius 1 is 0.833 bits per heavy atom. The van der Waals surface area contributed by atoms with E-state index >= 15 is 0 Å². The van der Waals surface area contributed by atoms with Crippen molar-refractivity contribution >= 4 is 38.9 Å². The van der Waals surface area contributed by atoms with Gasteiger partial charge in [-0.25, -0.2) is 4.98 Å². The molecular weight excluding hydrogens is 440 g/mol. The van der Waals surface area contributed by atoms with Gasteiger partial charge < -0.3 is 8.83 Å². The van der Waals surface area contributed by atoms with Crippen molar-refractivity contribution < 1.29 is 8.83 Å². The smallest absolute Gasteiger partial charge is 0.227 e. The van der Waals surface area contributed by atoms with Crippen molar-refractivity contribution in [3.8, 4) is 22.8 Å². The third-order valence-corrected chi connectivity index (χ3v) is 5.28. The molecule has 5 heteroatoms. The van der Waals surface area contributed by atoms with Crippen LogP contribution < -0.4 is 0 Å². The van der Waals surface area contributed by atoms with E-state index in [4.69, 9.17) is 8.83 Å². The molecule has 0 unspecified atom stereocenters. The zero-order chi connectivity index (χ0) is 20.5. The van der Waals surface area contributed by atoms with Crippen molar-refractivity contribution in [2.45, 2.75) is 6.92 Å². The van der Waals surface area contributed by atoms with Crippen LogP contribution in [0.1, 0.15) is 11.3 Å². The summed E-state index contributed by atoms with van der Waals surface area (Å²) in [7, 11) is 0. The lowest BCUT2D eigenvalue weighted by Gasteiger charge is -1.97. The number of hydrogen-bond donors (Lipinski definition) is 0. The highest BCUT2D eigenvalue weighted by molar-refractivity contribution is 9.10. The van der Waals surface area contributed by atoms with Crippen molar-refractivity contribution in [2.24, 2.45) is 4.99 Å². The fraction of sp³-hybridized carbons (Fsp3) is 0.0400. The van der Waals surface area contributed by atoms with Crippen LogP contribution in [-0.4, -0.2) is 11.2 Å². The molecule has 0 fully saturated rings. The third kappa shape index (κ3) is 3.84. The number of benzene rings is 3. The molecule has 2 aromatic heterocycles. The van der Waals surface area contributed by atoms with E-state index in [9.17, 15) is 0 Å². The van der Waals surface area contributed by atoms with E-state index in [0.717, 1.165) is 43.7 Å². The SMILES string of the molecule is Cc1ccc2nc(-c3ccc(N=Cc4ccc(-c5ccc(Br)cc5)o4)cc3)oc2c1. The van der Waals surface area contributed by atoms with Crippen LogP contribution in [0.5, 0.6) is 0 Å². The highest BCUT2D eigenvalue weighted by atomic mass is 79.9. The summed E-state index contributed by atoms with van der Waals surface area (Å²) >= 11 is 3.44. The van der Waals surface area contributed by atoms with Crippen molar-refractivity contribution in [1.29, 1.82) is 0 Å². The number of furan rings is 1. The molecule has 0 bridgehead atoms. The first-order chi connectivity index (χ1) is 14.6. The van der Waals surface area contributed by atoms with Crippen molar-refractivity contribution in [2.75, 3.05) is 0 Å². The van der Waals surface area contributed by atoms with Crippen LogP contribution >= 0.6 is 15.9 Å². The van der Waals surface area contributed by atoms with E-state index in [1.807, 2.05) is 85.8 Å². The summed E-state index contributed by atoms with van der Waals surface area (Å²) in [6.07, 6.45) is 1.72. The van der Waals surface area contributed by atoms with Gasteiger partial charge in [-0.15, -0.1) is 0 Å². The topological polar surface area (TPSA) is 51.5 Å². The molecule has 0 atom stereocenters. The first-order valence-electron chi connectivity index (χ1n) is 9.51. The van der Waals surface area contributed by atoms with Crippen LogP contribution in [0.25, 0.3) is 33.9 Å². The van der Waals surface area contributed by atoms with E-state index in [0.29, 0.717) is 11.7 Å². The monoisotopic (exact) mass is 456 g/mol. The number of rotatable bonds is 4. The molecule has 0 aliphatic rings. The summed E-state index contributed by atoms with van der Waals surface area (Å²) < 4.78 is 12.8. The Morgan fingerprint density at radius 2 is 1.60 bits per heavy atom. The van der Waals surface area contributed by atoms with Crippen LogP contribution in [0.4, 0.5) is 5.69 Å². The van der Waals surface area contributed by atoms with Crippen LogP contribution in [0.2, 0.25) is 0 Å². The maximum atomic E-state index is 5.89. The van der Waals surface area contributed by atoms with Gasteiger partial charge in [-0.05, 0) is 73.2 Å². The van der Waals surface area contributed by atoms with Gasteiger partial charge in [0.05, 0.1) is 11.9 Å². The predicted octanol–water partition coefficient (Wildman–Crippen LogP) is 7.58. The first kappa shape index (κ1) is 18.6. The van der Waals surface area contributed by atoms with Gasteiger partial charge in [-0.3, -0.25) is 4.99 Å². The molecule has 0 aliphatic heterocycles. The van der Waals surface area contributed by atoms with E-state index in [1.165, 1.54) is 0 Å². The van der Waals surface area contributed by atoms with Crippen LogP contribution in [0, 0.1) is 6.92 Å². The van der Waals surface area contributed by atoms with E-state index in [-0.39, 0.29) is 0 Å². The lowest BCUT2D eigenvalue weighted by atomic mass is 10.2. The highest BCUT2D eigenvalue weighted by Gasteiger charge is 2.08. The molecule has 0 radical (unpaired) electrons. The minimum atomic E-state index is 0.608. The van der Waals surface area contributed by atoms with Gasteiger partial charge in [0.1, 0.15) is 17.0 Å². The molecule has 3 aromatic carbocycles. The minimum Gasteiger partial charge on any atom is -0.455 e. The highest BCUT2D eigenvalue weighted by Crippen LogP contribution is 2.27. The second-order valence-electron chi connectivity index (χ2n) is 7.00. The van der Waals surface area contributed by atoms with E-state index < -0.39 is 0 Å². The molecule has 5 rings (SSSR count). The fourth-order valence-electron chi connectivity index (χ4n) is 3.18. The summed E-state index contributed by atoms with van der Waals surface area (Å²) in [6, 6.07) is 25.6. The van der Waals surface area contributed by atoms with Crippen LogP contribution in [-0.2, 0) is 0 Å². The average Bonchev–Trinajstić information content (AvgIpc) is 3.40. The van der Waals surface area contributed by atoms with Gasteiger partial charge in [0.25, 0.3) is 0 Å². The van der Waals surface area contributed by atoms with Crippen molar-refractivity contribution in [1.82, 2.24) is 4.98 Å². The van der Waals surface area contributed by atoms with Gasteiger partial charge in [0, 0.05) is 15.6 Å². The summed E-state index contributed by atoms with van der Waals surface area (Å²) in [5.74, 6) is 2.12. The zero-order valence-corrected chi connectivity index (χ0v) is 17.8. The third-order valence-electron chi connectivity index (χ3n) is 4.75. The standard InChI is InChI=1S/C25H17BrN2O2/c1-16-2-12-22-24(14-16)30-25(28-22)18-5-9-20(10-6-18)27-15-21-11-13-23(29-21)17-3-7-19(26)8-4-17/h2-15H,1H3. The second kappa shape index (κ2) is 7.76. The maximum Gasteiger partial charge on any atom is 0.227 e. The Morgan fingerprint density at radius 3 is 2.40 bits per heavy atom. The zero-order valence-electron chi connectivity index (χ0n) is 16.2. The molecule has 0 aliphatic carbocycles. The largest absolute Gasteiger partial charge is 0.455 e. The second-order valence-corrected chi connectivity index (χ2v) is 7.92. The van der Waals surface area contributed by atoms with Gasteiger partial charge in [0.15, 0.2) is 5.58 Å². The molecule has 0 saturated heterocycles. The normalized spacial score (nSPS) is 11.5. The van der Waals surface area contributed by atoms with Gasteiger partial charge in [-0.2, -0.15) is 0 Å². The van der Waals surface area contributed by atoms with Gasteiger partial charge >= 0.3 is 0 Å². The summed E-state index contributed by atoms with van der Waals surface area (Å²) in [5, 5.41) is 0. The van der Waals surface area contributed by atoms with Crippen molar-refractivity contribution in [3.05, 3.63) is 94.7 Å². The number of fused-ring (bicyclic) bond motifs is 1. The Balaban J connectivity index is 1.33. The van der Waals surface area contributed by atoms with E-state index in [1.54, 1.807) is 6.21 Å². The molecule has 0 saturated carbocycles. The van der Waals surface area contributed by atoms with Gasteiger partial charge in [-0.1, -0.05) is 34.1 Å². The van der Waals surface area contributed by atoms with E-state index in [2.05, 4.69) is 25.9 Å². The molecule has 4 nitrogen and oxygen atoms in total. The van der Waals surface area contributed by atoms with Crippen LogP contribution in [0.15, 0.2) is 97.2 Å². The predicted molar refractivity (Wildman–Crippen MR) is 123 cm³/mol. The molecule has 2 heterocycles. The lowest BCUT2D eigenvalue weighted by molar-refractivity contribution is 0.575. The van der Waals surface area contributed by atoms with Crippen molar-refractivity contribution in [3.63, 3.8) is 0 Å². The number of aliphatic imine (C=N–C) groups is 1.